The fourth-order valence-corrected chi connectivity index (χ4v) is 3.60. The van der Waals surface area contributed by atoms with Gasteiger partial charge in [0.1, 0.15) is 0 Å². The summed E-state index contributed by atoms with van der Waals surface area (Å²) in [6.45, 7) is 4.62. The maximum absolute atomic E-state index is 10.1. The van der Waals surface area contributed by atoms with Crippen molar-refractivity contribution >= 4 is 11.3 Å². The molecule has 0 aliphatic heterocycles. The second-order valence-electron chi connectivity index (χ2n) is 5.43. The molecule has 0 bridgehead atoms. The van der Waals surface area contributed by atoms with E-state index in [-0.39, 0.29) is 6.10 Å². The van der Waals surface area contributed by atoms with Crippen LogP contribution >= 0.6 is 11.3 Å². The molecule has 1 aromatic rings. The highest BCUT2D eigenvalue weighted by Crippen LogP contribution is 2.36. The van der Waals surface area contributed by atoms with Crippen LogP contribution in [-0.2, 0) is 6.42 Å². The van der Waals surface area contributed by atoms with Crippen molar-refractivity contribution in [3.05, 3.63) is 22.4 Å². The van der Waals surface area contributed by atoms with E-state index in [2.05, 4.69) is 31.4 Å². The lowest BCUT2D eigenvalue weighted by atomic mass is 9.73. The van der Waals surface area contributed by atoms with Crippen molar-refractivity contribution < 1.29 is 5.11 Å². The van der Waals surface area contributed by atoms with Crippen LogP contribution in [0.2, 0.25) is 0 Å². The van der Waals surface area contributed by atoms with E-state index in [9.17, 15) is 5.11 Å². The van der Waals surface area contributed by atoms with E-state index in [1.165, 1.54) is 17.7 Å². The molecule has 1 nitrogen and oxygen atoms in total. The third-order valence-electron chi connectivity index (χ3n) is 3.97. The van der Waals surface area contributed by atoms with Crippen molar-refractivity contribution in [1.82, 2.24) is 0 Å². The van der Waals surface area contributed by atoms with Crippen LogP contribution in [0, 0.1) is 17.8 Å². The first-order chi connectivity index (χ1) is 7.66. The number of aliphatic hydroxyl groups excluding tert-OH is 1. The van der Waals surface area contributed by atoms with E-state index in [1.807, 2.05) is 11.3 Å². The Morgan fingerprint density at radius 3 is 2.88 bits per heavy atom. The van der Waals surface area contributed by atoms with E-state index < -0.39 is 0 Å². The SMILES string of the molecule is CC(C)C1CCC(O)C(Cc2cccs2)C1. The number of rotatable bonds is 3. The summed E-state index contributed by atoms with van der Waals surface area (Å²) in [6.07, 6.45) is 4.41. The molecule has 0 saturated heterocycles. The highest BCUT2D eigenvalue weighted by Gasteiger charge is 2.30. The Balaban J connectivity index is 1.96. The molecule has 2 heteroatoms. The quantitative estimate of drug-likeness (QED) is 0.851. The second-order valence-corrected chi connectivity index (χ2v) is 6.46. The average molecular weight is 238 g/mol. The predicted octanol–water partition coefficient (Wildman–Crippen LogP) is 3.72. The maximum Gasteiger partial charge on any atom is 0.0572 e. The average Bonchev–Trinajstić information content (AvgIpc) is 2.73. The van der Waals surface area contributed by atoms with Gasteiger partial charge in [0.05, 0.1) is 6.10 Å². The van der Waals surface area contributed by atoms with Crippen LogP contribution in [0.1, 0.15) is 38.0 Å². The van der Waals surface area contributed by atoms with E-state index >= 15 is 0 Å². The Morgan fingerprint density at radius 1 is 1.44 bits per heavy atom. The maximum atomic E-state index is 10.1. The normalized spacial score (nSPS) is 30.9. The zero-order chi connectivity index (χ0) is 11.5. The van der Waals surface area contributed by atoms with E-state index in [4.69, 9.17) is 0 Å². The molecule has 16 heavy (non-hydrogen) atoms. The summed E-state index contributed by atoms with van der Waals surface area (Å²) in [5, 5.41) is 12.2. The molecule has 0 amide bonds. The first-order valence-corrected chi connectivity index (χ1v) is 7.25. The van der Waals surface area contributed by atoms with Crippen molar-refractivity contribution in [3.63, 3.8) is 0 Å². The summed E-state index contributed by atoms with van der Waals surface area (Å²) in [7, 11) is 0. The molecular formula is C14H22OS. The molecule has 3 atom stereocenters. The summed E-state index contributed by atoms with van der Waals surface area (Å²) in [4.78, 5) is 1.42. The van der Waals surface area contributed by atoms with E-state index in [1.54, 1.807) is 0 Å². The molecule has 1 saturated carbocycles. The second kappa shape index (κ2) is 5.33. The first-order valence-electron chi connectivity index (χ1n) is 6.37. The minimum atomic E-state index is -0.0721. The standard InChI is InChI=1S/C14H22OS/c1-10(2)11-5-6-14(15)12(8-11)9-13-4-3-7-16-13/h3-4,7,10-12,14-15H,5-6,8-9H2,1-2H3. The molecule has 1 aliphatic carbocycles. The zero-order valence-corrected chi connectivity index (χ0v) is 11.0. The summed E-state index contributed by atoms with van der Waals surface area (Å²) >= 11 is 1.82. The number of thiophene rings is 1. The molecule has 1 fully saturated rings. The van der Waals surface area contributed by atoms with Crippen molar-refractivity contribution in [2.24, 2.45) is 17.8 Å². The monoisotopic (exact) mass is 238 g/mol. The van der Waals surface area contributed by atoms with E-state index in [0.29, 0.717) is 5.92 Å². The molecule has 2 rings (SSSR count). The van der Waals surface area contributed by atoms with Crippen LogP contribution in [0.4, 0.5) is 0 Å². The fourth-order valence-electron chi connectivity index (χ4n) is 2.80. The largest absolute Gasteiger partial charge is 0.393 e. The van der Waals surface area contributed by atoms with Gasteiger partial charge in [-0.2, -0.15) is 0 Å². The third kappa shape index (κ3) is 2.86. The van der Waals surface area contributed by atoms with Gasteiger partial charge in [-0.1, -0.05) is 19.9 Å². The van der Waals surface area contributed by atoms with Gasteiger partial charge >= 0.3 is 0 Å². The van der Waals surface area contributed by atoms with Gasteiger partial charge < -0.3 is 5.11 Å². The molecule has 90 valence electrons. The molecule has 0 aromatic carbocycles. The minimum absolute atomic E-state index is 0.0721. The Hall–Kier alpha value is -0.340. The Morgan fingerprint density at radius 2 is 2.25 bits per heavy atom. The van der Waals surface area contributed by atoms with Gasteiger partial charge in [0.15, 0.2) is 0 Å². The zero-order valence-electron chi connectivity index (χ0n) is 10.2. The summed E-state index contributed by atoms with van der Waals surface area (Å²) in [6, 6.07) is 4.30. The third-order valence-corrected chi connectivity index (χ3v) is 4.87. The van der Waals surface area contributed by atoms with E-state index in [0.717, 1.165) is 24.7 Å². The molecule has 0 radical (unpaired) electrons. The van der Waals surface area contributed by atoms with Crippen LogP contribution in [0.3, 0.4) is 0 Å². The summed E-state index contributed by atoms with van der Waals surface area (Å²) in [5.41, 5.74) is 0. The topological polar surface area (TPSA) is 20.2 Å². The summed E-state index contributed by atoms with van der Waals surface area (Å²) in [5.74, 6) is 2.06. The number of hydrogen-bond acceptors (Lipinski definition) is 2. The van der Waals surface area contributed by atoms with Gasteiger partial charge in [0.25, 0.3) is 0 Å². The molecule has 3 unspecified atom stereocenters. The Labute approximate surface area is 103 Å². The van der Waals surface area contributed by atoms with Crippen LogP contribution < -0.4 is 0 Å². The molecular weight excluding hydrogens is 216 g/mol. The Bertz CT molecular complexity index is 305. The molecule has 1 heterocycles. The molecule has 0 spiro atoms. The van der Waals surface area contributed by atoms with Gasteiger partial charge in [0, 0.05) is 4.88 Å². The van der Waals surface area contributed by atoms with Crippen LogP contribution in [-0.4, -0.2) is 11.2 Å². The van der Waals surface area contributed by atoms with Gasteiger partial charge in [-0.3, -0.25) is 0 Å². The van der Waals surface area contributed by atoms with Gasteiger partial charge in [-0.25, -0.2) is 0 Å². The number of hydrogen-bond donors (Lipinski definition) is 1. The summed E-state index contributed by atoms with van der Waals surface area (Å²) < 4.78 is 0. The van der Waals surface area contributed by atoms with Gasteiger partial charge in [-0.05, 0) is 54.9 Å². The van der Waals surface area contributed by atoms with Crippen molar-refractivity contribution in [2.45, 2.75) is 45.6 Å². The van der Waals surface area contributed by atoms with Gasteiger partial charge in [0.2, 0.25) is 0 Å². The van der Waals surface area contributed by atoms with Crippen LogP contribution in [0.25, 0.3) is 0 Å². The lowest BCUT2D eigenvalue weighted by molar-refractivity contribution is 0.0382. The first kappa shape index (κ1) is 12.1. The minimum Gasteiger partial charge on any atom is -0.393 e. The highest BCUT2D eigenvalue weighted by atomic mass is 32.1. The smallest absolute Gasteiger partial charge is 0.0572 e. The molecule has 1 aliphatic rings. The van der Waals surface area contributed by atoms with Crippen molar-refractivity contribution in [1.29, 1.82) is 0 Å². The Kier molecular flexibility index (Phi) is 4.04. The molecule has 1 aromatic heterocycles. The van der Waals surface area contributed by atoms with Gasteiger partial charge in [-0.15, -0.1) is 11.3 Å². The van der Waals surface area contributed by atoms with Crippen LogP contribution in [0.15, 0.2) is 17.5 Å². The van der Waals surface area contributed by atoms with Crippen LogP contribution in [0.5, 0.6) is 0 Å². The lowest BCUT2D eigenvalue weighted by Gasteiger charge is -2.35. The fraction of sp³-hybridized carbons (Fsp3) is 0.714. The predicted molar refractivity (Wildman–Crippen MR) is 69.7 cm³/mol. The van der Waals surface area contributed by atoms with Crippen molar-refractivity contribution in [3.8, 4) is 0 Å². The molecule has 1 N–H and O–H groups in total. The highest BCUT2D eigenvalue weighted by molar-refractivity contribution is 7.09. The van der Waals surface area contributed by atoms with Crippen molar-refractivity contribution in [2.75, 3.05) is 0 Å². The number of aliphatic hydroxyl groups is 1. The lowest BCUT2D eigenvalue weighted by Crippen LogP contribution is -2.32.